The lowest BCUT2D eigenvalue weighted by Crippen LogP contribution is -2.57. The van der Waals surface area contributed by atoms with Gasteiger partial charge in [-0.05, 0) is 45.4 Å². The maximum Gasteiger partial charge on any atom is 0.410 e. The van der Waals surface area contributed by atoms with Gasteiger partial charge < -0.3 is 14.4 Å². The fourth-order valence-corrected chi connectivity index (χ4v) is 2.34. The number of aryl methyl sites for hydroxylation is 1. The van der Waals surface area contributed by atoms with Crippen LogP contribution >= 0.6 is 15.9 Å². The molecule has 2 rings (SSSR count). The van der Waals surface area contributed by atoms with Crippen LogP contribution in [-0.2, 0) is 4.74 Å². The summed E-state index contributed by atoms with van der Waals surface area (Å²) in [4.78, 5) is 13.4. The zero-order valence-corrected chi connectivity index (χ0v) is 14.7. The molecule has 1 aliphatic rings. The topological polar surface area (TPSA) is 62.6 Å². The van der Waals surface area contributed by atoms with E-state index in [1.54, 1.807) is 17.0 Å². The lowest BCUT2D eigenvalue weighted by molar-refractivity contribution is -0.0222. The molecule has 1 aliphatic heterocycles. The van der Waals surface area contributed by atoms with Crippen molar-refractivity contribution < 1.29 is 14.3 Å². The van der Waals surface area contributed by atoms with Gasteiger partial charge >= 0.3 is 6.09 Å². The average Bonchev–Trinajstić information content (AvgIpc) is 2.34. The summed E-state index contributed by atoms with van der Waals surface area (Å²) in [6.45, 7) is 8.35. The van der Waals surface area contributed by atoms with Crippen molar-refractivity contribution >= 4 is 22.0 Å². The first-order valence-electron chi connectivity index (χ1n) is 7.04. The molecular formula is C16H19BrN2O3. The molecule has 0 radical (unpaired) electrons. The molecule has 0 bridgehead atoms. The van der Waals surface area contributed by atoms with Gasteiger partial charge in [0.1, 0.15) is 23.5 Å². The van der Waals surface area contributed by atoms with E-state index in [0.717, 1.165) is 10.0 Å². The summed E-state index contributed by atoms with van der Waals surface area (Å²) in [7, 11) is 0. The summed E-state index contributed by atoms with van der Waals surface area (Å²) in [6, 6.07) is 5.71. The Morgan fingerprint density at radius 2 is 2.05 bits per heavy atom. The fraction of sp³-hybridized carbons (Fsp3) is 0.500. The molecule has 0 N–H and O–H groups in total. The molecule has 22 heavy (non-hydrogen) atoms. The molecule has 1 heterocycles. The molecule has 1 amide bonds. The van der Waals surface area contributed by atoms with Crippen molar-refractivity contribution in [3.05, 3.63) is 27.7 Å². The molecule has 0 aromatic heterocycles. The Hall–Kier alpha value is -1.74. The van der Waals surface area contributed by atoms with E-state index in [0.29, 0.717) is 24.4 Å². The van der Waals surface area contributed by atoms with E-state index in [-0.39, 0.29) is 12.2 Å². The number of amides is 1. The molecule has 1 saturated heterocycles. The molecule has 0 spiro atoms. The lowest BCUT2D eigenvalue weighted by Gasteiger charge is -2.39. The summed E-state index contributed by atoms with van der Waals surface area (Å²) < 4.78 is 12.0. The van der Waals surface area contributed by atoms with Crippen LogP contribution in [0.25, 0.3) is 0 Å². The highest BCUT2D eigenvalue weighted by Gasteiger charge is 2.35. The van der Waals surface area contributed by atoms with Gasteiger partial charge in [0.2, 0.25) is 0 Å². The molecule has 6 heteroatoms. The maximum atomic E-state index is 11.8. The minimum Gasteiger partial charge on any atom is -0.485 e. The normalized spacial score (nSPS) is 15.0. The first-order valence-corrected chi connectivity index (χ1v) is 7.84. The molecule has 0 unspecified atom stereocenters. The van der Waals surface area contributed by atoms with Gasteiger partial charge in [0.05, 0.1) is 18.7 Å². The number of hydrogen-bond acceptors (Lipinski definition) is 4. The van der Waals surface area contributed by atoms with Crippen molar-refractivity contribution in [1.29, 1.82) is 5.26 Å². The molecule has 0 saturated carbocycles. The number of ether oxygens (including phenoxy) is 2. The third-order valence-corrected chi connectivity index (χ3v) is 4.03. The third-order valence-electron chi connectivity index (χ3n) is 3.17. The highest BCUT2D eigenvalue weighted by molar-refractivity contribution is 9.10. The highest BCUT2D eigenvalue weighted by Crippen LogP contribution is 2.29. The van der Waals surface area contributed by atoms with Crippen LogP contribution in [0.3, 0.4) is 0 Å². The van der Waals surface area contributed by atoms with E-state index in [4.69, 9.17) is 9.47 Å². The predicted octanol–water partition coefficient (Wildman–Crippen LogP) is 3.63. The first kappa shape index (κ1) is 16.6. The lowest BCUT2D eigenvalue weighted by atomic mass is 10.1. The largest absolute Gasteiger partial charge is 0.485 e. The Bertz CT molecular complexity index is 626. The van der Waals surface area contributed by atoms with Crippen LogP contribution in [0.5, 0.6) is 5.75 Å². The Morgan fingerprint density at radius 3 is 2.59 bits per heavy atom. The van der Waals surface area contributed by atoms with Crippen molar-refractivity contribution in [2.45, 2.75) is 39.4 Å². The van der Waals surface area contributed by atoms with Gasteiger partial charge in [-0.15, -0.1) is 0 Å². The summed E-state index contributed by atoms with van der Waals surface area (Å²) in [5.41, 5.74) is 0.975. The van der Waals surface area contributed by atoms with Gasteiger partial charge in [0.15, 0.2) is 0 Å². The van der Waals surface area contributed by atoms with Crippen LogP contribution in [0.15, 0.2) is 16.6 Å². The number of halogens is 1. The second kappa shape index (κ2) is 6.17. The van der Waals surface area contributed by atoms with Crippen molar-refractivity contribution in [2.24, 2.45) is 0 Å². The Labute approximate surface area is 138 Å². The van der Waals surface area contributed by atoms with Crippen molar-refractivity contribution in [1.82, 2.24) is 4.90 Å². The number of carbonyl (C=O) groups excluding carboxylic acids is 1. The SMILES string of the molecule is Cc1cc(C#N)c(OC2CN(C(=O)OC(C)(C)C)C2)cc1Br. The van der Waals surface area contributed by atoms with Gasteiger partial charge in [-0.3, -0.25) is 0 Å². The van der Waals surface area contributed by atoms with E-state index in [1.807, 2.05) is 27.7 Å². The van der Waals surface area contributed by atoms with Crippen molar-refractivity contribution in [3.63, 3.8) is 0 Å². The number of nitrogens with zero attached hydrogens (tertiary/aromatic N) is 2. The van der Waals surface area contributed by atoms with E-state index in [1.165, 1.54) is 0 Å². The number of nitriles is 1. The first-order chi connectivity index (χ1) is 10.2. The molecule has 118 valence electrons. The van der Waals surface area contributed by atoms with Crippen LogP contribution < -0.4 is 4.74 Å². The number of carbonyl (C=O) groups is 1. The molecule has 0 aliphatic carbocycles. The fourth-order valence-electron chi connectivity index (χ4n) is 2.02. The smallest absolute Gasteiger partial charge is 0.410 e. The summed E-state index contributed by atoms with van der Waals surface area (Å²) >= 11 is 3.43. The second-order valence-electron chi connectivity index (χ2n) is 6.33. The summed E-state index contributed by atoms with van der Waals surface area (Å²) in [5.74, 6) is 0.536. The minimum absolute atomic E-state index is 0.116. The molecule has 1 aromatic rings. The molecule has 1 fully saturated rings. The van der Waals surface area contributed by atoms with Gasteiger partial charge in [-0.25, -0.2) is 4.79 Å². The van der Waals surface area contributed by atoms with Gasteiger partial charge in [0, 0.05) is 4.47 Å². The van der Waals surface area contributed by atoms with Gasteiger partial charge in [-0.2, -0.15) is 5.26 Å². The number of hydrogen-bond donors (Lipinski definition) is 0. The van der Waals surface area contributed by atoms with Crippen LogP contribution in [0.4, 0.5) is 4.79 Å². The summed E-state index contributed by atoms with van der Waals surface area (Å²) in [5, 5.41) is 9.18. The Morgan fingerprint density at radius 1 is 1.41 bits per heavy atom. The van der Waals surface area contributed by atoms with Crippen LogP contribution in [0, 0.1) is 18.3 Å². The molecule has 1 aromatic carbocycles. The highest BCUT2D eigenvalue weighted by atomic mass is 79.9. The van der Waals surface area contributed by atoms with E-state index in [2.05, 4.69) is 22.0 Å². The Balaban J connectivity index is 1.95. The zero-order chi connectivity index (χ0) is 16.5. The summed E-state index contributed by atoms with van der Waals surface area (Å²) in [6.07, 6.45) is -0.452. The Kier molecular flexibility index (Phi) is 4.66. The van der Waals surface area contributed by atoms with Crippen LogP contribution in [0.2, 0.25) is 0 Å². The van der Waals surface area contributed by atoms with Gasteiger partial charge in [-0.1, -0.05) is 15.9 Å². The monoisotopic (exact) mass is 366 g/mol. The van der Waals surface area contributed by atoms with Crippen LogP contribution in [-0.4, -0.2) is 35.8 Å². The third kappa shape index (κ3) is 3.92. The predicted molar refractivity (Wildman–Crippen MR) is 85.8 cm³/mol. The van der Waals surface area contributed by atoms with E-state index >= 15 is 0 Å². The number of benzene rings is 1. The molecular weight excluding hydrogens is 348 g/mol. The van der Waals surface area contributed by atoms with Crippen molar-refractivity contribution in [2.75, 3.05) is 13.1 Å². The minimum atomic E-state index is -0.501. The maximum absolute atomic E-state index is 11.8. The van der Waals surface area contributed by atoms with Gasteiger partial charge in [0.25, 0.3) is 0 Å². The van der Waals surface area contributed by atoms with E-state index in [9.17, 15) is 10.1 Å². The number of rotatable bonds is 2. The second-order valence-corrected chi connectivity index (χ2v) is 7.19. The molecule has 0 atom stereocenters. The zero-order valence-electron chi connectivity index (χ0n) is 13.1. The standard InChI is InChI=1S/C16H19BrN2O3/c1-10-5-11(7-18)14(6-13(10)17)21-12-8-19(9-12)15(20)22-16(2,3)4/h5-6,12H,8-9H2,1-4H3. The van der Waals surface area contributed by atoms with Crippen molar-refractivity contribution in [3.8, 4) is 11.8 Å². The van der Waals surface area contributed by atoms with E-state index < -0.39 is 5.60 Å². The van der Waals surface area contributed by atoms with Crippen LogP contribution in [0.1, 0.15) is 31.9 Å². The quantitative estimate of drug-likeness (QED) is 0.801. The average molecular weight is 367 g/mol. The molecule has 5 nitrogen and oxygen atoms in total. The number of likely N-dealkylation sites (tertiary alicyclic amines) is 1.